The van der Waals surface area contributed by atoms with Gasteiger partial charge in [-0.3, -0.25) is 9.59 Å². The molecule has 0 aliphatic carbocycles. The van der Waals surface area contributed by atoms with E-state index in [9.17, 15) is 19.8 Å². The molecule has 0 aliphatic rings. The van der Waals surface area contributed by atoms with Gasteiger partial charge < -0.3 is 20.3 Å². The molecule has 3 atom stereocenters. The zero-order valence-corrected chi connectivity index (χ0v) is 44.6. The van der Waals surface area contributed by atoms with E-state index in [1.165, 1.54) is 225 Å². The van der Waals surface area contributed by atoms with E-state index < -0.39 is 18.2 Å². The minimum Gasteiger partial charge on any atom is -0.462 e. The van der Waals surface area contributed by atoms with Crippen molar-refractivity contribution in [3.63, 3.8) is 0 Å². The van der Waals surface area contributed by atoms with Crippen LogP contribution in [-0.2, 0) is 14.3 Å². The highest BCUT2D eigenvalue weighted by molar-refractivity contribution is 5.77. The topological polar surface area (TPSA) is 95.9 Å². The molecule has 0 rings (SSSR count). The number of allylic oxidation sites excluding steroid dienone is 4. The molecule has 3 N–H and O–H groups in total. The van der Waals surface area contributed by atoms with E-state index in [-0.39, 0.29) is 24.9 Å². The van der Waals surface area contributed by atoms with Gasteiger partial charge in [0.1, 0.15) is 6.10 Å². The molecular weight excluding hydrogens is 815 g/mol. The third-order valence-electron chi connectivity index (χ3n) is 13.8. The van der Waals surface area contributed by atoms with E-state index in [4.69, 9.17) is 4.74 Å². The van der Waals surface area contributed by atoms with Gasteiger partial charge in [-0.05, 0) is 51.4 Å². The zero-order valence-electron chi connectivity index (χ0n) is 44.6. The second kappa shape index (κ2) is 54.3. The number of ether oxygens (including phenoxy) is 1. The second-order valence-electron chi connectivity index (χ2n) is 20.4. The minimum absolute atomic E-state index is 0.0792. The number of nitrogens with one attached hydrogen (secondary N) is 1. The van der Waals surface area contributed by atoms with Crippen LogP contribution in [0.2, 0.25) is 0 Å². The van der Waals surface area contributed by atoms with Crippen LogP contribution in [0.5, 0.6) is 0 Å². The Labute approximate surface area is 411 Å². The number of aliphatic hydroxyl groups excluding tert-OH is 2. The Kier molecular flexibility index (Phi) is 52.9. The summed E-state index contributed by atoms with van der Waals surface area (Å²) in [6.07, 6.45) is 63.8. The molecule has 6 heteroatoms. The fourth-order valence-electron chi connectivity index (χ4n) is 9.31. The summed E-state index contributed by atoms with van der Waals surface area (Å²) >= 11 is 0. The predicted octanol–water partition coefficient (Wildman–Crippen LogP) is 18.2. The Hall–Kier alpha value is -1.66. The molecule has 0 aromatic rings. The van der Waals surface area contributed by atoms with Crippen molar-refractivity contribution in [2.24, 2.45) is 0 Å². The fourth-order valence-corrected chi connectivity index (χ4v) is 9.31. The molecule has 0 radical (unpaired) electrons. The summed E-state index contributed by atoms with van der Waals surface area (Å²) in [5.74, 6) is -0.466. The van der Waals surface area contributed by atoms with Gasteiger partial charge >= 0.3 is 5.97 Å². The van der Waals surface area contributed by atoms with E-state index in [1.807, 2.05) is 0 Å². The van der Waals surface area contributed by atoms with Gasteiger partial charge in [0.05, 0.1) is 25.2 Å². The molecule has 0 aliphatic heterocycles. The number of esters is 1. The van der Waals surface area contributed by atoms with Crippen molar-refractivity contribution in [1.82, 2.24) is 5.32 Å². The lowest BCUT2D eigenvalue weighted by molar-refractivity contribution is -0.151. The molecule has 0 saturated heterocycles. The largest absolute Gasteiger partial charge is 0.462 e. The lowest BCUT2D eigenvalue weighted by atomic mass is 10.0. The number of unbranched alkanes of at least 4 members (excludes halogenated alkanes) is 39. The molecule has 3 unspecified atom stereocenters. The first-order valence-electron chi connectivity index (χ1n) is 29.6. The Bertz CT molecular complexity index is 1040. The van der Waals surface area contributed by atoms with Crippen molar-refractivity contribution in [2.75, 3.05) is 6.61 Å². The van der Waals surface area contributed by atoms with Crippen LogP contribution in [0, 0.1) is 0 Å². The lowest BCUT2D eigenvalue weighted by Gasteiger charge is -2.24. The summed E-state index contributed by atoms with van der Waals surface area (Å²) in [7, 11) is 0. The summed E-state index contributed by atoms with van der Waals surface area (Å²) < 4.78 is 5.97. The third kappa shape index (κ3) is 48.8. The third-order valence-corrected chi connectivity index (χ3v) is 13.8. The van der Waals surface area contributed by atoms with Crippen LogP contribution in [0.25, 0.3) is 0 Å². The average Bonchev–Trinajstić information content (AvgIpc) is 3.31. The highest BCUT2D eigenvalue weighted by atomic mass is 16.5. The van der Waals surface area contributed by atoms with Crippen molar-refractivity contribution in [1.29, 1.82) is 0 Å². The molecule has 0 spiro atoms. The van der Waals surface area contributed by atoms with Crippen molar-refractivity contribution in [2.45, 2.75) is 341 Å². The molecule has 390 valence electrons. The lowest BCUT2D eigenvalue weighted by Crippen LogP contribution is -2.46. The van der Waals surface area contributed by atoms with Crippen LogP contribution in [0.4, 0.5) is 0 Å². The molecule has 0 aromatic heterocycles. The SMILES string of the molecule is CCCCC/C=C/C=C/CCCCCCCCC(=O)OC(CCCCCCCCCCCCCCCCCC)CC(=O)NC(CO)C(O)CCCCCCCCCCCCCCCCCC. The summed E-state index contributed by atoms with van der Waals surface area (Å²) in [4.78, 5) is 26.3. The van der Waals surface area contributed by atoms with Crippen molar-refractivity contribution in [3.8, 4) is 0 Å². The van der Waals surface area contributed by atoms with Crippen LogP contribution in [0.1, 0.15) is 323 Å². The normalized spacial score (nSPS) is 13.2. The molecule has 0 bridgehead atoms. The first kappa shape index (κ1) is 64.3. The Morgan fingerprint density at radius 1 is 0.439 bits per heavy atom. The van der Waals surface area contributed by atoms with Crippen molar-refractivity contribution < 1.29 is 24.5 Å². The van der Waals surface area contributed by atoms with E-state index in [2.05, 4.69) is 50.4 Å². The van der Waals surface area contributed by atoms with Crippen LogP contribution in [0.15, 0.2) is 24.3 Å². The summed E-state index contributed by atoms with van der Waals surface area (Å²) in [5, 5.41) is 23.9. The second-order valence-corrected chi connectivity index (χ2v) is 20.4. The number of rotatable bonds is 54. The number of amides is 1. The van der Waals surface area contributed by atoms with Crippen LogP contribution < -0.4 is 5.32 Å². The summed E-state index contributed by atoms with van der Waals surface area (Å²) in [5.41, 5.74) is 0. The van der Waals surface area contributed by atoms with Crippen molar-refractivity contribution >= 4 is 11.9 Å². The molecule has 6 nitrogen and oxygen atoms in total. The molecular formula is C60H115NO5. The molecule has 0 aromatic carbocycles. The van der Waals surface area contributed by atoms with Crippen LogP contribution in [-0.4, -0.2) is 46.9 Å². The number of carbonyl (C=O) groups is 2. The zero-order chi connectivity index (χ0) is 48.1. The van der Waals surface area contributed by atoms with Gasteiger partial charge in [0.15, 0.2) is 0 Å². The van der Waals surface area contributed by atoms with Gasteiger partial charge in [0.2, 0.25) is 5.91 Å². The number of aliphatic hydroxyl groups is 2. The Balaban J connectivity index is 4.52. The Morgan fingerprint density at radius 3 is 1.15 bits per heavy atom. The standard InChI is InChI=1S/C60H115NO5/c1-4-7-10-13-16-19-22-25-28-31-33-36-39-42-45-48-51-56(66-60(65)53-50-47-44-41-38-35-30-27-24-21-18-15-12-9-6-3)54-59(64)61-57(55-62)58(63)52-49-46-43-40-37-34-32-29-26-23-20-17-14-11-8-5-2/h18,21,24,27,56-58,62-63H,4-17,19-20,22-23,25-26,28-55H2,1-3H3,(H,61,64)/b21-18+,27-24+. The quantitative estimate of drug-likeness (QED) is 0.0321. The molecule has 0 fully saturated rings. The van der Waals surface area contributed by atoms with E-state index >= 15 is 0 Å². The monoisotopic (exact) mass is 930 g/mol. The van der Waals surface area contributed by atoms with Crippen LogP contribution in [0.3, 0.4) is 0 Å². The molecule has 0 heterocycles. The maximum atomic E-state index is 13.3. The van der Waals surface area contributed by atoms with Gasteiger partial charge in [-0.15, -0.1) is 0 Å². The van der Waals surface area contributed by atoms with E-state index in [0.29, 0.717) is 19.3 Å². The first-order chi connectivity index (χ1) is 32.5. The molecule has 1 amide bonds. The van der Waals surface area contributed by atoms with E-state index in [0.717, 1.165) is 51.4 Å². The highest BCUT2D eigenvalue weighted by Gasteiger charge is 2.24. The fraction of sp³-hybridized carbons (Fsp3) is 0.900. The highest BCUT2D eigenvalue weighted by Crippen LogP contribution is 2.19. The van der Waals surface area contributed by atoms with Gasteiger partial charge in [0, 0.05) is 6.42 Å². The smallest absolute Gasteiger partial charge is 0.306 e. The first-order valence-corrected chi connectivity index (χ1v) is 29.6. The number of hydrogen-bond acceptors (Lipinski definition) is 5. The average molecular weight is 931 g/mol. The van der Waals surface area contributed by atoms with Gasteiger partial charge in [-0.1, -0.05) is 283 Å². The summed E-state index contributed by atoms with van der Waals surface area (Å²) in [6, 6.07) is -0.700. The van der Waals surface area contributed by atoms with Gasteiger partial charge in [-0.2, -0.15) is 0 Å². The molecule has 0 saturated carbocycles. The van der Waals surface area contributed by atoms with Crippen LogP contribution >= 0.6 is 0 Å². The minimum atomic E-state index is -0.786. The maximum absolute atomic E-state index is 13.3. The molecule has 66 heavy (non-hydrogen) atoms. The van der Waals surface area contributed by atoms with Gasteiger partial charge in [0.25, 0.3) is 0 Å². The maximum Gasteiger partial charge on any atom is 0.306 e. The summed E-state index contributed by atoms with van der Waals surface area (Å²) in [6.45, 7) is 6.50. The van der Waals surface area contributed by atoms with E-state index in [1.54, 1.807) is 0 Å². The predicted molar refractivity (Wildman–Crippen MR) is 287 cm³/mol. The number of carbonyl (C=O) groups excluding carboxylic acids is 2. The Morgan fingerprint density at radius 2 is 0.758 bits per heavy atom. The van der Waals surface area contributed by atoms with Gasteiger partial charge in [-0.25, -0.2) is 0 Å². The number of hydrogen-bond donors (Lipinski definition) is 3. The van der Waals surface area contributed by atoms with Crippen molar-refractivity contribution in [3.05, 3.63) is 24.3 Å².